The first-order chi connectivity index (χ1) is 23.3. The number of hydrogen-bond donors (Lipinski definition) is 0. The molecule has 0 spiro atoms. The van der Waals surface area contributed by atoms with Crippen molar-refractivity contribution in [1.29, 1.82) is 0 Å². The molecule has 2 heterocycles. The van der Waals surface area contributed by atoms with Gasteiger partial charge in [0.2, 0.25) is 11.4 Å². The van der Waals surface area contributed by atoms with Crippen LogP contribution in [0.3, 0.4) is 0 Å². The van der Waals surface area contributed by atoms with Gasteiger partial charge in [0.25, 0.3) is 11.4 Å². The van der Waals surface area contributed by atoms with Crippen LogP contribution in [-0.2, 0) is 22.4 Å². The average Bonchev–Trinajstić information content (AvgIpc) is 3.55. The van der Waals surface area contributed by atoms with E-state index in [1.165, 1.54) is 20.7 Å². The van der Waals surface area contributed by atoms with Gasteiger partial charge in [0.15, 0.2) is 8.07 Å². The van der Waals surface area contributed by atoms with Gasteiger partial charge in [0.1, 0.15) is 0 Å². The van der Waals surface area contributed by atoms with E-state index in [1.807, 2.05) is 36.4 Å². The third-order valence-electron chi connectivity index (χ3n) is 8.86. The van der Waals surface area contributed by atoms with Gasteiger partial charge in [0.05, 0.1) is 0 Å². The van der Waals surface area contributed by atoms with E-state index in [9.17, 15) is 0 Å². The molecule has 48 heavy (non-hydrogen) atoms. The number of fused-ring (bicyclic) bond motifs is 3. The van der Waals surface area contributed by atoms with Crippen molar-refractivity contribution >= 4 is 69.0 Å². The minimum absolute atomic E-state index is 0. The monoisotopic (exact) mass is 815 g/mol. The largest absolute Gasteiger partial charge is 1.00 e. The summed E-state index contributed by atoms with van der Waals surface area (Å²) in [6.07, 6.45) is 0. The minimum Gasteiger partial charge on any atom is -0.658 e. The third kappa shape index (κ3) is 5.52. The molecule has 0 saturated carbocycles. The third-order valence-corrected chi connectivity index (χ3v) is 13.7. The summed E-state index contributed by atoms with van der Waals surface area (Å²) in [6, 6.07) is 71.8. The van der Waals surface area contributed by atoms with Gasteiger partial charge >= 0.3 is 28.4 Å². The molecule has 7 aromatic rings. The van der Waals surface area contributed by atoms with E-state index in [4.69, 9.17) is 5.32 Å². The quantitative estimate of drug-likeness (QED) is 0.126. The summed E-state index contributed by atoms with van der Waals surface area (Å²) in [5.74, 6) is 0. The van der Waals surface area contributed by atoms with Gasteiger partial charge in [-0.15, -0.1) is 11.4 Å². The van der Waals surface area contributed by atoms with Crippen molar-refractivity contribution < 1.29 is 22.4 Å². The summed E-state index contributed by atoms with van der Waals surface area (Å²) in [4.78, 5) is 0. The summed E-state index contributed by atoms with van der Waals surface area (Å²) in [5, 5.41) is 10.5. The van der Waals surface area contributed by atoms with Crippen LogP contribution < -0.4 is 29.9 Å². The molecule has 232 valence electrons. The maximum absolute atomic E-state index is 4.99. The Balaban J connectivity index is 0.000000152. The topological polar surface area (TPSA) is 20.1 Å². The second kappa shape index (κ2) is 13.8. The fourth-order valence-corrected chi connectivity index (χ4v) is 11.8. The smallest absolute Gasteiger partial charge is 0.658 e. The van der Waals surface area contributed by atoms with Crippen LogP contribution in [0.2, 0.25) is 0 Å². The summed E-state index contributed by atoms with van der Waals surface area (Å²) in [7, 11) is -2.37. The molecule has 0 N–H and O–H groups in total. The molecule has 3 nitrogen and oxygen atoms in total. The van der Waals surface area contributed by atoms with Gasteiger partial charge in [-0.2, -0.15) is 0 Å². The van der Waals surface area contributed by atoms with E-state index in [0.717, 1.165) is 34.1 Å². The Morgan fingerprint density at radius 3 is 1.12 bits per heavy atom. The fourth-order valence-electron chi connectivity index (χ4n) is 6.81. The number of rotatable bonds is 4. The molecule has 0 radical (unpaired) electrons. The van der Waals surface area contributed by atoms with E-state index >= 15 is 0 Å². The number of nitrogens with zero attached hydrogens (tertiary/aromatic N) is 3. The molecule has 0 aliphatic carbocycles. The fraction of sp³-hybridized carbons (Fsp3) is 0. The second-order valence-electron chi connectivity index (χ2n) is 11.6. The van der Waals surface area contributed by atoms with Crippen LogP contribution >= 0.6 is 0 Å². The maximum Gasteiger partial charge on any atom is 1.00 e. The van der Waals surface area contributed by atoms with Gasteiger partial charge in [-0.25, -0.2) is 0 Å². The van der Waals surface area contributed by atoms with Crippen molar-refractivity contribution in [3.8, 4) is 0 Å². The van der Waals surface area contributed by atoms with Crippen LogP contribution in [0.4, 0.5) is 34.1 Å². The zero-order valence-corrected chi connectivity index (χ0v) is 29.3. The van der Waals surface area contributed by atoms with Crippen LogP contribution in [0.1, 0.15) is 0 Å². The van der Waals surface area contributed by atoms with Crippen molar-refractivity contribution in [2.45, 2.75) is 0 Å². The van der Waals surface area contributed by atoms with Crippen molar-refractivity contribution in [1.82, 2.24) is 9.15 Å². The molecule has 9 rings (SSSR count). The normalized spacial score (nSPS) is 13.1. The Morgan fingerprint density at radius 1 is 0.375 bits per heavy atom. The standard InChI is InChI=1S/C24H18NSi.C19H14N2.Au/c1-3-11-19(12-4-1)26(20-13-5-2-6-14-20)23-17-9-7-15-21(23)25-22-16-8-10-18-24(22)26;1-3-9-16(10-4-1)20-15-21(17-11-5-2-6-12-17)19-14-8-7-13-18(19)20;/h1-18H;1-14H;/q-1;+2;+1. The van der Waals surface area contributed by atoms with Crippen LogP contribution in [-0.4, -0.2) is 14.1 Å². The Labute approximate surface area is 298 Å². The van der Waals surface area contributed by atoms with Crippen molar-refractivity contribution in [2.24, 2.45) is 0 Å². The van der Waals surface area contributed by atoms with Gasteiger partial charge in [0, 0.05) is 36.4 Å². The average molecular weight is 816 g/mol. The van der Waals surface area contributed by atoms with Crippen molar-refractivity contribution in [2.75, 3.05) is 0 Å². The Hall–Kier alpha value is -5.32. The van der Waals surface area contributed by atoms with Gasteiger partial charge in [-0.1, -0.05) is 168 Å². The summed E-state index contributed by atoms with van der Waals surface area (Å²) in [5.41, 5.74) is 6.73. The van der Waals surface area contributed by atoms with Crippen LogP contribution in [0.25, 0.3) is 5.32 Å². The summed E-state index contributed by atoms with van der Waals surface area (Å²) in [6.45, 7) is 0. The predicted octanol–water partition coefficient (Wildman–Crippen LogP) is 8.26. The maximum atomic E-state index is 4.99. The van der Waals surface area contributed by atoms with Crippen molar-refractivity contribution in [3.63, 3.8) is 0 Å². The van der Waals surface area contributed by atoms with Crippen LogP contribution in [0.5, 0.6) is 0 Å². The first kappa shape index (κ1) is 31.3. The molecule has 0 saturated heterocycles. The van der Waals surface area contributed by atoms with Crippen LogP contribution in [0, 0.1) is 0 Å². The molecule has 2 aliphatic rings. The minimum atomic E-state index is -2.37. The number of para-hydroxylation sites is 6. The molecule has 7 aromatic carbocycles. The van der Waals surface area contributed by atoms with Crippen LogP contribution in [0.15, 0.2) is 194 Å². The zero-order valence-electron chi connectivity index (χ0n) is 26.1. The molecular weight excluding hydrogens is 784 g/mol. The molecule has 0 fully saturated rings. The first-order valence-electron chi connectivity index (χ1n) is 15.9. The molecule has 0 aromatic heterocycles. The predicted molar refractivity (Wildman–Crippen MR) is 200 cm³/mol. The summed E-state index contributed by atoms with van der Waals surface area (Å²) >= 11 is 0. The van der Waals surface area contributed by atoms with Gasteiger partial charge in [-0.3, -0.25) is 0 Å². The molecular formula is C43H32AuN3Si+2. The summed E-state index contributed by atoms with van der Waals surface area (Å²) < 4.78 is 4.20. The second-order valence-corrected chi connectivity index (χ2v) is 15.3. The number of benzene rings is 7. The molecule has 0 atom stereocenters. The SMILES string of the molecule is C1=[N+](c2ccccc2)c2ccccc2[N+]=1c1ccccc1.[Au+].c1ccc([Si]2(c3ccccc3)c3ccccc3[N-]c3ccccc32)cc1. The van der Waals surface area contributed by atoms with E-state index in [-0.39, 0.29) is 22.4 Å². The van der Waals surface area contributed by atoms with E-state index in [1.54, 1.807) is 0 Å². The molecule has 2 aliphatic heterocycles. The first-order valence-corrected chi connectivity index (χ1v) is 17.9. The number of hydrogen-bond acceptors (Lipinski definition) is 0. The van der Waals surface area contributed by atoms with E-state index in [2.05, 4.69) is 173 Å². The zero-order chi connectivity index (χ0) is 31.5. The molecule has 0 amide bonds. The van der Waals surface area contributed by atoms with Crippen molar-refractivity contribution in [3.05, 3.63) is 199 Å². The Kier molecular flexibility index (Phi) is 9.00. The van der Waals surface area contributed by atoms with E-state index < -0.39 is 8.07 Å². The van der Waals surface area contributed by atoms with Gasteiger partial charge < -0.3 is 5.32 Å². The molecule has 5 heteroatoms. The molecule has 0 bridgehead atoms. The van der Waals surface area contributed by atoms with E-state index in [0.29, 0.717) is 0 Å². The Bertz CT molecular complexity index is 2090. The molecule has 0 unspecified atom stereocenters. The Morgan fingerprint density at radius 2 is 0.708 bits per heavy atom. The van der Waals surface area contributed by atoms with Gasteiger partial charge in [-0.05, 0) is 19.5 Å².